The van der Waals surface area contributed by atoms with Gasteiger partial charge in [0.05, 0.1) is 10.6 Å². The predicted molar refractivity (Wildman–Crippen MR) is 89.2 cm³/mol. The van der Waals surface area contributed by atoms with Crippen molar-refractivity contribution in [2.24, 2.45) is 0 Å². The summed E-state index contributed by atoms with van der Waals surface area (Å²) < 4.78 is 31.8. The highest BCUT2D eigenvalue weighted by Gasteiger charge is 2.17. The van der Waals surface area contributed by atoms with Crippen molar-refractivity contribution in [2.45, 2.75) is 6.92 Å². The van der Waals surface area contributed by atoms with Crippen LogP contribution in [0, 0.1) is 18.6 Å². The first kappa shape index (κ1) is 18.4. The van der Waals surface area contributed by atoms with E-state index in [1.807, 2.05) is 6.07 Å². The molecule has 0 saturated heterocycles. The predicted octanol–water partition coefficient (Wildman–Crippen LogP) is 4.48. The van der Waals surface area contributed by atoms with Crippen LogP contribution in [0.3, 0.4) is 0 Å². The van der Waals surface area contributed by atoms with Crippen molar-refractivity contribution in [1.82, 2.24) is 0 Å². The first-order valence-corrected chi connectivity index (χ1v) is 7.82. The number of aryl methyl sites for hydroxylation is 1. The van der Waals surface area contributed by atoms with Gasteiger partial charge in [-0.15, -0.1) is 0 Å². The average molecular weight is 419 g/mol. The minimum Gasteiger partial charge on any atom is -0.452 e. The molecule has 8 heteroatoms. The van der Waals surface area contributed by atoms with E-state index >= 15 is 0 Å². The minimum atomic E-state index is -1.23. The monoisotopic (exact) mass is 417 g/mol. The number of amides is 1. The number of hydrogen-bond acceptors (Lipinski definition) is 3. The molecule has 0 aromatic heterocycles. The van der Waals surface area contributed by atoms with Crippen LogP contribution in [-0.2, 0) is 9.53 Å². The lowest BCUT2D eigenvalue weighted by molar-refractivity contribution is -0.119. The summed E-state index contributed by atoms with van der Waals surface area (Å²) in [6, 6.07) is 6.53. The van der Waals surface area contributed by atoms with Crippen molar-refractivity contribution < 1.29 is 23.1 Å². The van der Waals surface area contributed by atoms with Crippen LogP contribution in [0.5, 0.6) is 0 Å². The van der Waals surface area contributed by atoms with Crippen LogP contribution in [0.15, 0.2) is 34.8 Å². The van der Waals surface area contributed by atoms with Gasteiger partial charge in [-0.25, -0.2) is 13.6 Å². The molecule has 0 bridgehead atoms. The number of ether oxygens (including phenoxy) is 1. The topological polar surface area (TPSA) is 55.4 Å². The van der Waals surface area contributed by atoms with Gasteiger partial charge in [0.25, 0.3) is 5.91 Å². The maximum atomic E-state index is 13.2. The Labute approximate surface area is 149 Å². The van der Waals surface area contributed by atoms with E-state index in [1.54, 1.807) is 19.1 Å². The van der Waals surface area contributed by atoms with E-state index in [0.717, 1.165) is 10.0 Å². The van der Waals surface area contributed by atoms with Crippen molar-refractivity contribution in [1.29, 1.82) is 0 Å². The number of halogens is 4. The standard InChI is InChI=1S/C16H11BrClF2NO3/c1-8-4-9(17)2-3-14(8)21-15(22)7-24-16(23)10-5-12(19)13(20)6-11(10)18/h2-6H,7H2,1H3,(H,21,22). The van der Waals surface area contributed by atoms with E-state index in [9.17, 15) is 18.4 Å². The van der Waals surface area contributed by atoms with Crippen molar-refractivity contribution in [2.75, 3.05) is 11.9 Å². The Kier molecular flexibility index (Phi) is 5.90. The summed E-state index contributed by atoms with van der Waals surface area (Å²) in [5.74, 6) is -4.02. The number of carbonyl (C=O) groups is 2. The first-order chi connectivity index (χ1) is 11.3. The second-order valence-electron chi connectivity index (χ2n) is 4.83. The molecule has 2 rings (SSSR count). The van der Waals surface area contributed by atoms with Gasteiger partial charge in [-0.1, -0.05) is 27.5 Å². The Morgan fingerprint density at radius 1 is 1.21 bits per heavy atom. The second-order valence-corrected chi connectivity index (χ2v) is 6.15. The van der Waals surface area contributed by atoms with Crippen LogP contribution in [-0.4, -0.2) is 18.5 Å². The summed E-state index contributed by atoms with van der Waals surface area (Å²) in [6.45, 7) is 1.21. The normalized spacial score (nSPS) is 10.4. The van der Waals surface area contributed by atoms with Gasteiger partial charge >= 0.3 is 5.97 Å². The van der Waals surface area contributed by atoms with Gasteiger partial charge in [-0.05, 0) is 42.8 Å². The SMILES string of the molecule is Cc1cc(Br)ccc1NC(=O)COC(=O)c1cc(F)c(F)cc1Cl. The van der Waals surface area contributed by atoms with E-state index in [1.165, 1.54) is 0 Å². The van der Waals surface area contributed by atoms with Gasteiger partial charge in [-0.3, -0.25) is 4.79 Å². The Balaban J connectivity index is 1.99. The molecule has 0 unspecified atom stereocenters. The highest BCUT2D eigenvalue weighted by Crippen LogP contribution is 2.21. The second kappa shape index (κ2) is 7.72. The molecule has 0 aliphatic heterocycles. The van der Waals surface area contributed by atoms with Gasteiger partial charge in [0.1, 0.15) is 0 Å². The van der Waals surface area contributed by atoms with Crippen LogP contribution >= 0.6 is 27.5 Å². The fourth-order valence-electron chi connectivity index (χ4n) is 1.84. The molecule has 0 spiro atoms. The fraction of sp³-hybridized carbons (Fsp3) is 0.125. The van der Waals surface area contributed by atoms with E-state index < -0.39 is 30.1 Å². The molecule has 1 N–H and O–H groups in total. The molecule has 4 nitrogen and oxygen atoms in total. The molecule has 1 amide bonds. The fourth-order valence-corrected chi connectivity index (χ4v) is 2.54. The maximum absolute atomic E-state index is 13.2. The lowest BCUT2D eigenvalue weighted by atomic mass is 10.2. The molecule has 0 aliphatic carbocycles. The minimum absolute atomic E-state index is 0.303. The van der Waals surface area contributed by atoms with Crippen LogP contribution in [0.25, 0.3) is 0 Å². The third-order valence-corrected chi connectivity index (χ3v) is 3.83. The summed E-state index contributed by atoms with van der Waals surface area (Å²) >= 11 is 8.97. The molecule has 0 fully saturated rings. The zero-order valence-corrected chi connectivity index (χ0v) is 14.7. The van der Waals surface area contributed by atoms with Gasteiger partial charge in [-0.2, -0.15) is 0 Å². The number of rotatable bonds is 4. The lowest BCUT2D eigenvalue weighted by Gasteiger charge is -2.10. The zero-order chi connectivity index (χ0) is 17.9. The number of anilines is 1. The third-order valence-electron chi connectivity index (χ3n) is 3.03. The molecule has 0 heterocycles. The van der Waals surface area contributed by atoms with Gasteiger partial charge in [0.2, 0.25) is 0 Å². The van der Waals surface area contributed by atoms with Crippen molar-refractivity contribution in [3.8, 4) is 0 Å². The van der Waals surface area contributed by atoms with Crippen molar-refractivity contribution >= 4 is 45.1 Å². The number of hydrogen-bond donors (Lipinski definition) is 1. The number of benzene rings is 2. The zero-order valence-electron chi connectivity index (χ0n) is 12.3. The number of carbonyl (C=O) groups excluding carboxylic acids is 2. The van der Waals surface area contributed by atoms with Crippen molar-refractivity contribution in [3.63, 3.8) is 0 Å². The Bertz CT molecular complexity index is 814. The van der Waals surface area contributed by atoms with E-state index in [-0.39, 0.29) is 10.6 Å². The smallest absolute Gasteiger partial charge is 0.340 e. The molecule has 24 heavy (non-hydrogen) atoms. The Morgan fingerprint density at radius 2 is 1.88 bits per heavy atom. The van der Waals surface area contributed by atoms with Gasteiger partial charge in [0, 0.05) is 10.2 Å². The van der Waals surface area contributed by atoms with E-state index in [2.05, 4.69) is 21.2 Å². The van der Waals surface area contributed by atoms with Gasteiger partial charge < -0.3 is 10.1 Å². The van der Waals surface area contributed by atoms with Crippen molar-refractivity contribution in [3.05, 3.63) is 62.6 Å². The summed E-state index contributed by atoms with van der Waals surface area (Å²) in [5.41, 5.74) is 1.01. The molecule has 126 valence electrons. The average Bonchev–Trinajstić information content (AvgIpc) is 2.51. The largest absolute Gasteiger partial charge is 0.452 e. The molecule has 2 aromatic carbocycles. The van der Waals surface area contributed by atoms with E-state index in [4.69, 9.17) is 16.3 Å². The highest BCUT2D eigenvalue weighted by molar-refractivity contribution is 9.10. The summed E-state index contributed by atoms with van der Waals surface area (Å²) in [4.78, 5) is 23.6. The number of esters is 1. The summed E-state index contributed by atoms with van der Waals surface area (Å²) in [6.07, 6.45) is 0. The molecule has 0 saturated carbocycles. The highest BCUT2D eigenvalue weighted by atomic mass is 79.9. The van der Waals surface area contributed by atoms with Crippen LogP contribution in [0.4, 0.5) is 14.5 Å². The first-order valence-electron chi connectivity index (χ1n) is 6.65. The van der Waals surface area contributed by atoms with Crippen LogP contribution in [0.2, 0.25) is 5.02 Å². The molecule has 0 radical (unpaired) electrons. The lowest BCUT2D eigenvalue weighted by Crippen LogP contribution is -2.21. The van der Waals surface area contributed by atoms with Crippen LogP contribution in [0.1, 0.15) is 15.9 Å². The molecular weight excluding hydrogens is 408 g/mol. The van der Waals surface area contributed by atoms with Gasteiger partial charge in [0.15, 0.2) is 18.2 Å². The molecule has 0 atom stereocenters. The molecule has 0 aliphatic rings. The third kappa shape index (κ3) is 4.52. The Morgan fingerprint density at radius 3 is 2.54 bits per heavy atom. The molecule has 2 aromatic rings. The molecular formula is C16H11BrClF2NO3. The summed E-state index contributed by atoms with van der Waals surface area (Å²) in [5, 5.41) is 2.27. The Hall–Kier alpha value is -1.99. The number of nitrogens with one attached hydrogen (secondary N) is 1. The van der Waals surface area contributed by atoms with E-state index in [0.29, 0.717) is 17.8 Å². The summed E-state index contributed by atoms with van der Waals surface area (Å²) in [7, 11) is 0. The van der Waals surface area contributed by atoms with Crippen LogP contribution < -0.4 is 5.32 Å². The maximum Gasteiger partial charge on any atom is 0.340 e. The quantitative estimate of drug-likeness (QED) is 0.588.